The zero-order valence-corrected chi connectivity index (χ0v) is 15.3. The maximum Gasteiger partial charge on any atom is 0.291 e. The minimum Gasteiger partial charge on any atom is -0.410 e. The third kappa shape index (κ3) is 3.13. The second-order valence-corrected chi connectivity index (χ2v) is 6.43. The third-order valence-electron chi connectivity index (χ3n) is 4.59. The molecule has 3 nitrogen and oxygen atoms in total. The van der Waals surface area contributed by atoms with Crippen molar-refractivity contribution < 1.29 is 4.84 Å². The molecule has 4 rings (SSSR count). The van der Waals surface area contributed by atoms with Gasteiger partial charge in [-0.05, 0) is 23.4 Å². The molecule has 0 N–H and O–H groups in total. The molecular weight excluding hydrogens is 334 g/mol. The van der Waals surface area contributed by atoms with Crippen LogP contribution in [0.1, 0.15) is 13.3 Å². The highest BCUT2D eigenvalue weighted by Gasteiger charge is 2.20. The number of fused-ring (bicyclic) bond motifs is 1. The maximum atomic E-state index is 13.2. The van der Waals surface area contributed by atoms with E-state index in [9.17, 15) is 4.79 Å². The van der Waals surface area contributed by atoms with Gasteiger partial charge in [0.15, 0.2) is 0 Å². The van der Waals surface area contributed by atoms with Gasteiger partial charge in [0, 0.05) is 11.1 Å². The zero-order chi connectivity index (χ0) is 18.6. The van der Waals surface area contributed by atoms with Crippen LogP contribution < -0.4 is 10.4 Å². The first-order valence-electron chi connectivity index (χ1n) is 9.23. The average Bonchev–Trinajstić information content (AvgIpc) is 2.74. The lowest BCUT2D eigenvalue weighted by Gasteiger charge is -2.20. The molecule has 0 aliphatic carbocycles. The summed E-state index contributed by atoms with van der Waals surface area (Å²) in [4.78, 5) is 19.2. The van der Waals surface area contributed by atoms with Gasteiger partial charge < -0.3 is 4.84 Å². The number of nitrogens with zero attached hydrogens (tertiary/aromatic N) is 1. The number of rotatable bonds is 5. The molecule has 0 saturated heterocycles. The Bertz CT molecular complexity index is 1120. The zero-order valence-electron chi connectivity index (χ0n) is 15.3. The van der Waals surface area contributed by atoms with Gasteiger partial charge in [0.1, 0.15) is 6.61 Å². The molecule has 1 heterocycles. The van der Waals surface area contributed by atoms with Crippen molar-refractivity contribution in [3.8, 4) is 22.4 Å². The van der Waals surface area contributed by atoms with Crippen LogP contribution in [0.5, 0.6) is 0 Å². The first-order valence-corrected chi connectivity index (χ1v) is 9.23. The van der Waals surface area contributed by atoms with Crippen LogP contribution in [0.15, 0.2) is 89.7 Å². The maximum absolute atomic E-state index is 13.2. The summed E-state index contributed by atoms with van der Waals surface area (Å²) in [6, 6.07) is 27.9. The first-order chi connectivity index (χ1) is 13.3. The monoisotopic (exact) mass is 355 g/mol. The molecular formula is C24H21NO2. The summed E-state index contributed by atoms with van der Waals surface area (Å²) in [5.41, 5.74) is 3.68. The van der Waals surface area contributed by atoms with Crippen molar-refractivity contribution in [3.05, 3.63) is 95.3 Å². The Labute approximate surface area is 158 Å². The third-order valence-corrected chi connectivity index (χ3v) is 4.59. The van der Waals surface area contributed by atoms with Gasteiger partial charge in [0.2, 0.25) is 0 Å². The molecule has 0 atom stereocenters. The van der Waals surface area contributed by atoms with Crippen LogP contribution in [0.2, 0.25) is 0 Å². The molecule has 0 aliphatic rings. The second-order valence-electron chi connectivity index (χ2n) is 6.43. The number of pyridine rings is 1. The van der Waals surface area contributed by atoms with E-state index in [0.717, 1.165) is 34.2 Å². The molecule has 0 radical (unpaired) electrons. The van der Waals surface area contributed by atoms with Crippen LogP contribution in [-0.2, 0) is 0 Å². The highest BCUT2D eigenvalue weighted by atomic mass is 16.7. The number of hydrogen-bond acceptors (Lipinski definition) is 2. The van der Waals surface area contributed by atoms with Gasteiger partial charge in [0.05, 0.1) is 11.1 Å². The molecule has 0 fully saturated rings. The van der Waals surface area contributed by atoms with Crippen molar-refractivity contribution in [2.45, 2.75) is 13.3 Å². The highest BCUT2D eigenvalue weighted by molar-refractivity contribution is 6.02. The lowest BCUT2D eigenvalue weighted by molar-refractivity contribution is 0.107. The predicted octanol–water partition coefficient (Wildman–Crippen LogP) is 5.17. The van der Waals surface area contributed by atoms with Gasteiger partial charge in [-0.1, -0.05) is 85.8 Å². The Morgan fingerprint density at radius 1 is 0.741 bits per heavy atom. The molecule has 3 aromatic carbocycles. The molecule has 0 spiro atoms. The molecule has 134 valence electrons. The molecule has 0 aliphatic heterocycles. The van der Waals surface area contributed by atoms with E-state index in [4.69, 9.17) is 4.84 Å². The van der Waals surface area contributed by atoms with Crippen LogP contribution in [0.25, 0.3) is 33.2 Å². The minimum absolute atomic E-state index is 0.127. The average molecular weight is 355 g/mol. The summed E-state index contributed by atoms with van der Waals surface area (Å²) < 4.78 is 1.48. The highest BCUT2D eigenvalue weighted by Crippen LogP contribution is 2.36. The fourth-order valence-corrected chi connectivity index (χ4v) is 3.39. The lowest BCUT2D eigenvalue weighted by atomic mass is 9.94. The van der Waals surface area contributed by atoms with Gasteiger partial charge >= 0.3 is 0 Å². The molecule has 0 bridgehead atoms. The van der Waals surface area contributed by atoms with Gasteiger partial charge in [-0.3, -0.25) is 4.79 Å². The fraction of sp³-hybridized carbons (Fsp3) is 0.125. The number of benzene rings is 3. The SMILES string of the molecule is CCCOn1c(-c2ccccc2)c(-c2ccccc2)c2ccccc2c1=O. The second kappa shape index (κ2) is 7.50. The summed E-state index contributed by atoms with van der Waals surface area (Å²) in [5, 5.41) is 1.59. The summed E-state index contributed by atoms with van der Waals surface area (Å²) >= 11 is 0. The molecule has 3 heteroatoms. The number of hydrogen-bond donors (Lipinski definition) is 0. The Kier molecular flexibility index (Phi) is 4.75. The molecule has 0 saturated carbocycles. The van der Waals surface area contributed by atoms with Crippen LogP contribution in [0.4, 0.5) is 0 Å². The minimum atomic E-state index is -0.127. The summed E-state index contributed by atoms with van der Waals surface area (Å²) in [6.45, 7) is 2.51. The van der Waals surface area contributed by atoms with E-state index >= 15 is 0 Å². The summed E-state index contributed by atoms with van der Waals surface area (Å²) in [5.74, 6) is 0. The fourth-order valence-electron chi connectivity index (χ4n) is 3.39. The Hall–Kier alpha value is -3.33. The van der Waals surface area contributed by atoms with Crippen molar-refractivity contribution in [1.29, 1.82) is 0 Å². The van der Waals surface area contributed by atoms with E-state index < -0.39 is 0 Å². The van der Waals surface area contributed by atoms with E-state index in [0.29, 0.717) is 12.0 Å². The van der Waals surface area contributed by atoms with Crippen molar-refractivity contribution in [3.63, 3.8) is 0 Å². The van der Waals surface area contributed by atoms with Crippen LogP contribution in [0, 0.1) is 0 Å². The quantitative estimate of drug-likeness (QED) is 0.494. The van der Waals surface area contributed by atoms with E-state index in [1.807, 2.05) is 79.7 Å². The smallest absolute Gasteiger partial charge is 0.291 e. The molecule has 0 unspecified atom stereocenters. The molecule has 27 heavy (non-hydrogen) atoms. The van der Waals surface area contributed by atoms with Gasteiger partial charge in [-0.25, -0.2) is 0 Å². The van der Waals surface area contributed by atoms with Gasteiger partial charge in [-0.2, -0.15) is 0 Å². The molecule has 4 aromatic rings. The van der Waals surface area contributed by atoms with E-state index in [2.05, 4.69) is 12.1 Å². The number of aromatic nitrogens is 1. The largest absolute Gasteiger partial charge is 0.410 e. The Balaban J connectivity index is 2.17. The summed E-state index contributed by atoms with van der Waals surface area (Å²) in [6.07, 6.45) is 0.828. The van der Waals surface area contributed by atoms with Gasteiger partial charge in [-0.15, -0.1) is 4.73 Å². The molecule has 0 amide bonds. The van der Waals surface area contributed by atoms with Crippen LogP contribution in [0.3, 0.4) is 0 Å². The van der Waals surface area contributed by atoms with Crippen molar-refractivity contribution >= 4 is 10.8 Å². The van der Waals surface area contributed by atoms with Crippen LogP contribution in [-0.4, -0.2) is 11.3 Å². The first kappa shape index (κ1) is 17.1. The van der Waals surface area contributed by atoms with Crippen molar-refractivity contribution in [2.75, 3.05) is 6.61 Å². The lowest BCUT2D eigenvalue weighted by Crippen LogP contribution is -2.29. The van der Waals surface area contributed by atoms with Crippen molar-refractivity contribution in [1.82, 2.24) is 4.73 Å². The van der Waals surface area contributed by atoms with E-state index in [1.54, 1.807) is 0 Å². The molecule has 1 aromatic heterocycles. The normalized spacial score (nSPS) is 10.9. The summed E-state index contributed by atoms with van der Waals surface area (Å²) in [7, 11) is 0. The standard InChI is InChI=1S/C24H21NO2/c1-2-17-27-25-23(19-13-7-4-8-14-19)22(18-11-5-3-6-12-18)20-15-9-10-16-21(20)24(25)26/h3-16H,2,17H2,1H3. The van der Waals surface area contributed by atoms with Gasteiger partial charge in [0.25, 0.3) is 5.56 Å². The Morgan fingerprint density at radius 3 is 1.93 bits per heavy atom. The van der Waals surface area contributed by atoms with E-state index in [1.165, 1.54) is 4.73 Å². The van der Waals surface area contributed by atoms with E-state index in [-0.39, 0.29) is 5.56 Å². The Morgan fingerprint density at radius 2 is 1.30 bits per heavy atom. The van der Waals surface area contributed by atoms with Crippen molar-refractivity contribution in [2.24, 2.45) is 0 Å². The van der Waals surface area contributed by atoms with Crippen LogP contribution >= 0.6 is 0 Å². The topological polar surface area (TPSA) is 31.2 Å². The predicted molar refractivity (Wildman–Crippen MR) is 111 cm³/mol.